The van der Waals surface area contributed by atoms with Crippen LogP contribution in [0, 0.1) is 5.82 Å². The van der Waals surface area contributed by atoms with E-state index in [4.69, 9.17) is 5.73 Å². The normalized spacial score (nSPS) is 10.9. The maximum Gasteiger partial charge on any atom is 0.191 e. The quantitative estimate of drug-likeness (QED) is 0.847. The molecule has 4 nitrogen and oxygen atoms in total. The van der Waals surface area contributed by atoms with Crippen molar-refractivity contribution in [3.63, 3.8) is 0 Å². The number of halogens is 2. The third-order valence-corrected chi connectivity index (χ3v) is 4.42. The zero-order valence-corrected chi connectivity index (χ0v) is 12.8. The molecule has 0 saturated heterocycles. The molecule has 0 bridgehead atoms. The molecule has 0 aliphatic rings. The summed E-state index contributed by atoms with van der Waals surface area (Å²) >= 11 is 4.92. The van der Waals surface area contributed by atoms with Crippen molar-refractivity contribution in [2.24, 2.45) is 5.73 Å². The summed E-state index contributed by atoms with van der Waals surface area (Å²) < 4.78 is 15.8. The summed E-state index contributed by atoms with van der Waals surface area (Å²) in [5.41, 5.74) is 6.63. The molecule has 0 aliphatic carbocycles. The Bertz CT molecular complexity index is 573. The van der Waals surface area contributed by atoms with Crippen molar-refractivity contribution in [1.29, 1.82) is 0 Å². The SMILES string of the molecule is CCn1c(CN)nnc1SCc1ccc(F)cc1Br. The van der Waals surface area contributed by atoms with Gasteiger partial charge in [-0.15, -0.1) is 10.2 Å². The number of hydrogen-bond acceptors (Lipinski definition) is 4. The van der Waals surface area contributed by atoms with Crippen LogP contribution in [0.4, 0.5) is 4.39 Å². The van der Waals surface area contributed by atoms with E-state index in [9.17, 15) is 4.39 Å². The predicted molar refractivity (Wildman–Crippen MR) is 77.2 cm³/mol. The molecule has 0 saturated carbocycles. The molecule has 1 heterocycles. The number of rotatable bonds is 5. The van der Waals surface area contributed by atoms with E-state index in [1.807, 2.05) is 11.5 Å². The van der Waals surface area contributed by atoms with E-state index in [0.29, 0.717) is 12.3 Å². The molecule has 1 aromatic carbocycles. The molecule has 0 unspecified atom stereocenters. The lowest BCUT2D eigenvalue weighted by molar-refractivity contribution is 0.626. The highest BCUT2D eigenvalue weighted by atomic mass is 79.9. The first-order valence-corrected chi connectivity index (χ1v) is 7.62. The van der Waals surface area contributed by atoms with Gasteiger partial charge in [0.25, 0.3) is 0 Å². The van der Waals surface area contributed by atoms with Gasteiger partial charge in [-0.1, -0.05) is 33.8 Å². The second kappa shape index (κ2) is 6.49. The van der Waals surface area contributed by atoms with Crippen LogP contribution in [-0.2, 0) is 18.8 Å². The Kier molecular flexibility index (Phi) is 4.95. The molecule has 0 aliphatic heterocycles. The van der Waals surface area contributed by atoms with Gasteiger partial charge >= 0.3 is 0 Å². The Morgan fingerprint density at radius 3 is 2.84 bits per heavy atom. The van der Waals surface area contributed by atoms with Crippen LogP contribution in [0.3, 0.4) is 0 Å². The highest BCUT2D eigenvalue weighted by Gasteiger charge is 2.11. The van der Waals surface area contributed by atoms with E-state index in [1.165, 1.54) is 12.1 Å². The van der Waals surface area contributed by atoms with Gasteiger partial charge in [0.15, 0.2) is 5.16 Å². The van der Waals surface area contributed by atoms with Crippen LogP contribution < -0.4 is 5.73 Å². The van der Waals surface area contributed by atoms with Gasteiger partial charge < -0.3 is 10.3 Å². The van der Waals surface area contributed by atoms with Crippen LogP contribution in [0.1, 0.15) is 18.3 Å². The molecule has 2 rings (SSSR count). The van der Waals surface area contributed by atoms with E-state index in [-0.39, 0.29) is 5.82 Å². The smallest absolute Gasteiger partial charge is 0.191 e. The van der Waals surface area contributed by atoms with E-state index in [2.05, 4.69) is 26.1 Å². The average molecular weight is 345 g/mol. The lowest BCUT2D eigenvalue weighted by Gasteiger charge is -2.07. The molecule has 0 fully saturated rings. The third-order valence-electron chi connectivity index (χ3n) is 2.66. The number of aromatic nitrogens is 3. The van der Waals surface area contributed by atoms with Crippen molar-refractivity contribution in [2.75, 3.05) is 0 Å². The van der Waals surface area contributed by atoms with E-state index >= 15 is 0 Å². The minimum atomic E-state index is -0.247. The number of nitrogens with zero attached hydrogens (tertiary/aromatic N) is 3. The fraction of sp³-hybridized carbons (Fsp3) is 0.333. The minimum Gasteiger partial charge on any atom is -0.324 e. The van der Waals surface area contributed by atoms with Crippen molar-refractivity contribution in [2.45, 2.75) is 30.9 Å². The third kappa shape index (κ3) is 3.34. The van der Waals surface area contributed by atoms with E-state index in [1.54, 1.807) is 17.8 Å². The summed E-state index contributed by atoms with van der Waals surface area (Å²) in [7, 11) is 0. The first-order chi connectivity index (χ1) is 9.15. The van der Waals surface area contributed by atoms with Crippen LogP contribution in [0.15, 0.2) is 27.8 Å². The maximum atomic E-state index is 13.0. The maximum absolute atomic E-state index is 13.0. The molecule has 0 spiro atoms. The lowest BCUT2D eigenvalue weighted by atomic mass is 10.2. The zero-order chi connectivity index (χ0) is 13.8. The van der Waals surface area contributed by atoms with Crippen molar-refractivity contribution >= 4 is 27.7 Å². The Morgan fingerprint density at radius 2 is 2.21 bits per heavy atom. The van der Waals surface area contributed by atoms with Gasteiger partial charge in [0.05, 0.1) is 6.54 Å². The second-order valence-electron chi connectivity index (χ2n) is 3.87. The molecule has 19 heavy (non-hydrogen) atoms. The highest BCUT2D eigenvalue weighted by Crippen LogP contribution is 2.26. The van der Waals surface area contributed by atoms with Gasteiger partial charge in [-0.3, -0.25) is 0 Å². The summed E-state index contributed by atoms with van der Waals surface area (Å²) in [6.45, 7) is 3.19. The minimum absolute atomic E-state index is 0.247. The Morgan fingerprint density at radius 1 is 1.42 bits per heavy atom. The van der Waals surface area contributed by atoms with Crippen molar-refractivity contribution < 1.29 is 4.39 Å². The summed E-state index contributed by atoms with van der Waals surface area (Å²) in [5.74, 6) is 1.23. The number of nitrogens with two attached hydrogens (primary N) is 1. The fourth-order valence-electron chi connectivity index (χ4n) is 1.68. The Labute approximate surface area is 123 Å². The van der Waals surface area contributed by atoms with E-state index in [0.717, 1.165) is 27.6 Å². The van der Waals surface area contributed by atoms with Gasteiger partial charge in [-0.2, -0.15) is 0 Å². The van der Waals surface area contributed by atoms with Crippen molar-refractivity contribution in [1.82, 2.24) is 14.8 Å². The molecular weight excluding hydrogens is 331 g/mol. The van der Waals surface area contributed by atoms with Gasteiger partial charge in [0, 0.05) is 16.8 Å². The van der Waals surface area contributed by atoms with Crippen molar-refractivity contribution in [3.05, 3.63) is 39.9 Å². The van der Waals surface area contributed by atoms with Crippen LogP contribution in [0.2, 0.25) is 0 Å². The monoisotopic (exact) mass is 344 g/mol. The molecule has 0 radical (unpaired) electrons. The standard InChI is InChI=1S/C12H14BrFN4S/c1-2-18-11(6-15)16-17-12(18)19-7-8-3-4-9(14)5-10(8)13/h3-5H,2,6-7,15H2,1H3. The van der Waals surface area contributed by atoms with Crippen molar-refractivity contribution in [3.8, 4) is 0 Å². The topological polar surface area (TPSA) is 56.7 Å². The highest BCUT2D eigenvalue weighted by molar-refractivity contribution is 9.10. The molecule has 2 N–H and O–H groups in total. The first-order valence-electron chi connectivity index (χ1n) is 5.84. The summed E-state index contributed by atoms with van der Waals surface area (Å²) in [4.78, 5) is 0. The van der Waals surface area contributed by atoms with Crippen LogP contribution in [-0.4, -0.2) is 14.8 Å². The van der Waals surface area contributed by atoms with Gasteiger partial charge in [-0.25, -0.2) is 4.39 Å². The predicted octanol–water partition coefficient (Wildman–Crippen LogP) is 2.95. The first kappa shape index (κ1) is 14.5. The molecule has 1 aromatic heterocycles. The van der Waals surface area contributed by atoms with Gasteiger partial charge in [0.1, 0.15) is 11.6 Å². The van der Waals surface area contributed by atoms with E-state index < -0.39 is 0 Å². The van der Waals surface area contributed by atoms with Gasteiger partial charge in [0.2, 0.25) is 0 Å². The number of thioether (sulfide) groups is 1. The molecule has 2 aromatic rings. The zero-order valence-electron chi connectivity index (χ0n) is 10.4. The molecule has 0 atom stereocenters. The molecule has 102 valence electrons. The summed E-state index contributed by atoms with van der Waals surface area (Å²) in [5, 5.41) is 9.01. The molecule has 0 amide bonds. The summed E-state index contributed by atoms with van der Waals surface area (Å²) in [6.07, 6.45) is 0. The second-order valence-corrected chi connectivity index (χ2v) is 5.67. The summed E-state index contributed by atoms with van der Waals surface area (Å²) in [6, 6.07) is 4.69. The Balaban J connectivity index is 2.12. The number of hydrogen-bond donors (Lipinski definition) is 1. The largest absolute Gasteiger partial charge is 0.324 e. The van der Waals surface area contributed by atoms with Crippen LogP contribution >= 0.6 is 27.7 Å². The fourth-order valence-corrected chi connectivity index (χ4v) is 3.38. The molecule has 7 heteroatoms. The lowest BCUT2D eigenvalue weighted by Crippen LogP contribution is -2.08. The van der Waals surface area contributed by atoms with Gasteiger partial charge in [-0.05, 0) is 24.6 Å². The van der Waals surface area contributed by atoms with Crippen LogP contribution in [0.5, 0.6) is 0 Å². The number of benzene rings is 1. The molecular formula is C12H14BrFN4S. The average Bonchev–Trinajstić information content (AvgIpc) is 2.79. The van der Waals surface area contributed by atoms with Crippen LogP contribution in [0.25, 0.3) is 0 Å². The Hall–Kier alpha value is -0.920.